The number of carbonyl (C=O) groups is 1. The molecule has 1 aromatic heterocycles. The van der Waals surface area contributed by atoms with Crippen molar-refractivity contribution in [2.75, 3.05) is 31.2 Å². The minimum Gasteiger partial charge on any atom is -0.508 e. The zero-order chi connectivity index (χ0) is 42.8. The van der Waals surface area contributed by atoms with Crippen LogP contribution in [0.3, 0.4) is 0 Å². The number of aliphatic hydroxyl groups is 5. The van der Waals surface area contributed by atoms with Gasteiger partial charge in [-0.2, -0.15) is 0 Å². The summed E-state index contributed by atoms with van der Waals surface area (Å²) >= 11 is 0. The maximum Gasteiger partial charge on any atom is 0.220 e. The van der Waals surface area contributed by atoms with Gasteiger partial charge in [-0.1, -0.05) is 18.2 Å². The standard InChI is InChI=1S/C45H47N3O13/c1-23-11-35(52)32-12-27-13-37(61-58-22-44(57,43(56)40(55)36(53)21-49)16-25-4-7-34(51)30-6-5-29(50)15-31(25)30)45(9-2-3-24(17-45)28-14-38(54)47-18-28)60-41(27)39(42(32)59-23)48-19-26-8-10-46-33(26)20-48/h2-8,10-12,15,19,24,28,36-37,40,43,49-51,53,55-57H,9,13-14,16-18,20-22H2,1H3,(H,47,54)/t24-,28-,36-,37-,40-,43+,44+,45+/m1/s1. The highest BCUT2D eigenvalue weighted by Gasteiger charge is 2.52. The van der Waals surface area contributed by atoms with Crippen LogP contribution in [0.25, 0.3) is 21.7 Å². The second kappa shape index (κ2) is 15.7. The number of aryl methyl sites for hydroxylation is 1. The van der Waals surface area contributed by atoms with E-state index in [0.29, 0.717) is 82.4 Å². The van der Waals surface area contributed by atoms with E-state index < -0.39 is 55.3 Å². The molecule has 61 heavy (non-hydrogen) atoms. The number of aliphatic imine (C=N–C) groups is 1. The summed E-state index contributed by atoms with van der Waals surface area (Å²) in [5.41, 5.74) is -0.182. The third-order valence-corrected chi connectivity index (χ3v) is 12.7. The number of aliphatic hydroxyl groups excluding tert-OH is 4. The molecule has 0 unspecified atom stereocenters. The Bertz CT molecular complexity index is 2600. The predicted molar refractivity (Wildman–Crippen MR) is 221 cm³/mol. The quantitative estimate of drug-likeness (QED) is 0.0581. The first-order valence-electron chi connectivity index (χ1n) is 20.3. The van der Waals surface area contributed by atoms with Crippen LogP contribution in [-0.2, 0) is 27.4 Å². The normalized spacial score (nSPS) is 25.5. The fraction of sp³-hybridized carbons (Fsp3) is 0.400. The summed E-state index contributed by atoms with van der Waals surface area (Å²) in [6.07, 6.45) is 3.51. The van der Waals surface area contributed by atoms with Crippen LogP contribution < -0.4 is 20.4 Å². The molecule has 1 spiro atoms. The van der Waals surface area contributed by atoms with Gasteiger partial charge < -0.3 is 55.1 Å². The minimum atomic E-state index is -2.41. The van der Waals surface area contributed by atoms with Crippen LogP contribution >= 0.6 is 0 Å². The molecule has 320 valence electrons. The first kappa shape index (κ1) is 40.8. The van der Waals surface area contributed by atoms with Crippen LogP contribution in [0.1, 0.15) is 36.1 Å². The number of benzene rings is 3. The molecule has 1 amide bonds. The molecule has 8 atom stereocenters. The van der Waals surface area contributed by atoms with Gasteiger partial charge in [0.1, 0.15) is 65.2 Å². The number of amides is 1. The number of nitrogens with one attached hydrogen (secondary N) is 1. The highest BCUT2D eigenvalue weighted by Crippen LogP contribution is 2.51. The predicted octanol–water partition coefficient (Wildman–Crippen LogP) is 2.48. The third-order valence-electron chi connectivity index (χ3n) is 12.7. The Morgan fingerprint density at radius 2 is 1.90 bits per heavy atom. The maximum atomic E-state index is 13.6. The first-order valence-corrected chi connectivity index (χ1v) is 20.3. The Morgan fingerprint density at radius 1 is 1.07 bits per heavy atom. The third kappa shape index (κ3) is 7.37. The average Bonchev–Trinajstić information content (AvgIpc) is 3.98. The molecule has 16 heteroatoms. The molecule has 1 aliphatic carbocycles. The van der Waals surface area contributed by atoms with E-state index in [1.807, 2.05) is 23.3 Å². The van der Waals surface area contributed by atoms with Gasteiger partial charge in [-0.05, 0) is 72.5 Å². The van der Waals surface area contributed by atoms with Crippen molar-refractivity contribution in [3.05, 3.63) is 106 Å². The molecule has 5 heterocycles. The number of aromatic hydroxyl groups is 2. The Morgan fingerprint density at radius 3 is 2.67 bits per heavy atom. The van der Waals surface area contributed by atoms with Crippen LogP contribution in [0, 0.1) is 18.8 Å². The monoisotopic (exact) mass is 837 g/mol. The van der Waals surface area contributed by atoms with Gasteiger partial charge in [-0.15, -0.1) is 0 Å². The van der Waals surface area contributed by atoms with Crippen molar-refractivity contribution in [3.8, 4) is 17.2 Å². The Hall–Kier alpha value is -5.59. The van der Waals surface area contributed by atoms with E-state index in [1.165, 1.54) is 36.4 Å². The van der Waals surface area contributed by atoms with Gasteiger partial charge in [0.05, 0.1) is 24.2 Å². The van der Waals surface area contributed by atoms with E-state index in [2.05, 4.69) is 16.4 Å². The van der Waals surface area contributed by atoms with Crippen LogP contribution in [-0.4, -0.2) is 109 Å². The van der Waals surface area contributed by atoms with Crippen molar-refractivity contribution in [1.29, 1.82) is 0 Å². The van der Waals surface area contributed by atoms with Crippen LogP contribution in [0.5, 0.6) is 17.2 Å². The topological polar surface area (TPSA) is 244 Å². The summed E-state index contributed by atoms with van der Waals surface area (Å²) in [4.78, 5) is 44.7. The molecule has 1 saturated heterocycles. The number of hydrogen-bond acceptors (Lipinski definition) is 15. The number of anilines is 1. The van der Waals surface area contributed by atoms with Crippen molar-refractivity contribution >= 4 is 39.0 Å². The summed E-state index contributed by atoms with van der Waals surface area (Å²) in [7, 11) is 0. The van der Waals surface area contributed by atoms with Gasteiger partial charge in [-0.3, -0.25) is 14.6 Å². The molecule has 4 aromatic rings. The molecule has 0 bridgehead atoms. The summed E-state index contributed by atoms with van der Waals surface area (Å²) in [6.45, 7) is 0.884. The van der Waals surface area contributed by atoms with Gasteiger partial charge in [0.2, 0.25) is 5.91 Å². The zero-order valence-electron chi connectivity index (χ0n) is 33.2. The average molecular weight is 838 g/mol. The Labute approximate surface area is 348 Å². The second-order valence-electron chi connectivity index (χ2n) is 16.8. The molecule has 0 saturated carbocycles. The largest absolute Gasteiger partial charge is 0.508 e. The summed E-state index contributed by atoms with van der Waals surface area (Å²) in [6, 6.07) is 10.3. The summed E-state index contributed by atoms with van der Waals surface area (Å²) in [5, 5.41) is 79.4. The number of allylic oxidation sites excluding steroid dienone is 2. The van der Waals surface area contributed by atoms with E-state index in [4.69, 9.17) is 18.9 Å². The summed E-state index contributed by atoms with van der Waals surface area (Å²) in [5.74, 6) is 0.477. The smallest absolute Gasteiger partial charge is 0.220 e. The van der Waals surface area contributed by atoms with E-state index in [-0.39, 0.29) is 41.1 Å². The van der Waals surface area contributed by atoms with E-state index in [9.17, 15) is 45.3 Å². The lowest BCUT2D eigenvalue weighted by Crippen LogP contribution is -2.58. The number of ether oxygens (including phenoxy) is 1. The lowest BCUT2D eigenvalue weighted by molar-refractivity contribution is -0.373. The maximum absolute atomic E-state index is 13.6. The van der Waals surface area contributed by atoms with Gasteiger partial charge >= 0.3 is 0 Å². The molecule has 3 aromatic carbocycles. The first-order chi connectivity index (χ1) is 29.3. The van der Waals surface area contributed by atoms with Crippen molar-refractivity contribution in [2.45, 2.75) is 74.6 Å². The van der Waals surface area contributed by atoms with Crippen LogP contribution in [0.2, 0.25) is 0 Å². The molecule has 16 nitrogen and oxygen atoms in total. The SMILES string of the molecule is Cc1cc(=O)c2cc3c(c(N4C=C5C=CN=C5C4)c2o1)O[C@]1(CC=C[C@@H]([C@H]2CNC(=O)C2)C1)[C@H](OOC[C@@](O)(Cc1ccc(O)c2ccc(O)cc12)[C@@H](O)[C@H](O)[C@H](O)CO)C3. The Balaban J connectivity index is 1.10. The van der Waals surface area contributed by atoms with Crippen molar-refractivity contribution in [2.24, 2.45) is 16.8 Å². The van der Waals surface area contributed by atoms with Crippen molar-refractivity contribution < 1.29 is 59.5 Å². The number of carbonyl (C=O) groups excluding carboxylic acids is 1. The molecule has 8 N–H and O–H groups in total. The van der Waals surface area contributed by atoms with Crippen LogP contribution in [0.15, 0.2) is 92.9 Å². The fourth-order valence-electron chi connectivity index (χ4n) is 9.43. The van der Waals surface area contributed by atoms with Crippen molar-refractivity contribution in [1.82, 2.24) is 5.32 Å². The van der Waals surface area contributed by atoms with Gasteiger partial charge in [0.25, 0.3) is 0 Å². The minimum absolute atomic E-state index is 0.0315. The molecule has 0 radical (unpaired) electrons. The zero-order valence-corrected chi connectivity index (χ0v) is 33.2. The van der Waals surface area contributed by atoms with Crippen molar-refractivity contribution in [3.63, 3.8) is 0 Å². The lowest BCUT2D eigenvalue weighted by atomic mass is 9.71. The number of phenolic OH excluding ortho intramolecular Hbond substituents is 2. The van der Waals surface area contributed by atoms with Gasteiger partial charge in [0, 0.05) is 67.2 Å². The second-order valence-corrected chi connectivity index (χ2v) is 16.8. The number of hydrogen-bond donors (Lipinski definition) is 8. The van der Waals surface area contributed by atoms with E-state index in [0.717, 1.165) is 11.3 Å². The van der Waals surface area contributed by atoms with E-state index >= 15 is 0 Å². The molecular weight excluding hydrogens is 791 g/mol. The highest BCUT2D eigenvalue weighted by molar-refractivity contribution is 6.12. The lowest BCUT2D eigenvalue weighted by Gasteiger charge is -2.48. The molecular formula is C45H47N3O13. The van der Waals surface area contributed by atoms with E-state index in [1.54, 1.807) is 19.2 Å². The van der Waals surface area contributed by atoms with Crippen LogP contribution in [0.4, 0.5) is 5.69 Å². The molecule has 4 aliphatic heterocycles. The highest BCUT2D eigenvalue weighted by atomic mass is 17.2. The fourth-order valence-corrected chi connectivity index (χ4v) is 9.43. The number of fused-ring (bicyclic) bond motifs is 4. The number of phenols is 2. The Kier molecular flexibility index (Phi) is 10.5. The molecule has 5 aliphatic rings. The van der Waals surface area contributed by atoms with Gasteiger partial charge in [-0.25, -0.2) is 9.78 Å². The molecule has 1 fully saturated rings. The number of nitrogens with zero attached hydrogens (tertiary/aromatic N) is 2. The number of rotatable bonds is 12. The van der Waals surface area contributed by atoms with Gasteiger partial charge in [0.15, 0.2) is 16.8 Å². The summed E-state index contributed by atoms with van der Waals surface area (Å²) < 4.78 is 13.5. The molecule has 9 rings (SSSR count).